The summed E-state index contributed by atoms with van der Waals surface area (Å²) in [6.07, 6.45) is 7.64. The monoisotopic (exact) mass is 272 g/mol. The largest absolute Gasteiger partial charge is 0.298 e. The Bertz CT molecular complexity index is 565. The summed E-state index contributed by atoms with van der Waals surface area (Å²) in [6.45, 7) is 0. The number of carbonyl (C=O) groups excluding carboxylic acids is 1. The first-order chi connectivity index (χ1) is 9.34. The van der Waals surface area contributed by atoms with E-state index in [9.17, 15) is 4.79 Å². The fraction of sp³-hybridized carbons (Fsp3) is 0.333. The van der Waals surface area contributed by atoms with Gasteiger partial charge in [-0.25, -0.2) is 4.98 Å². The maximum absolute atomic E-state index is 11.9. The molecule has 19 heavy (non-hydrogen) atoms. The van der Waals surface area contributed by atoms with Gasteiger partial charge in [-0.15, -0.1) is 0 Å². The minimum atomic E-state index is 0.0820. The molecule has 0 spiro atoms. The summed E-state index contributed by atoms with van der Waals surface area (Å²) >= 11 is 1.60. The first-order valence-electron chi connectivity index (χ1n) is 6.63. The number of benzene rings is 1. The van der Waals surface area contributed by atoms with Crippen molar-refractivity contribution in [3.05, 3.63) is 42.7 Å². The summed E-state index contributed by atoms with van der Waals surface area (Å²) in [5.74, 6) is 0.374. The Balaban J connectivity index is 1.82. The topological polar surface area (TPSA) is 34.9 Å². The number of rotatable bonds is 3. The van der Waals surface area contributed by atoms with Gasteiger partial charge in [0.25, 0.3) is 0 Å². The van der Waals surface area contributed by atoms with Gasteiger partial charge in [0.05, 0.1) is 5.25 Å². The molecule has 1 aliphatic rings. The second-order valence-corrected chi connectivity index (χ2v) is 5.90. The van der Waals surface area contributed by atoms with Crippen molar-refractivity contribution in [2.75, 3.05) is 0 Å². The molecular formula is C15H16N2OS. The van der Waals surface area contributed by atoms with Crippen LogP contribution < -0.4 is 0 Å². The number of hydrogen-bond acceptors (Lipinski definition) is 3. The Kier molecular flexibility index (Phi) is 3.69. The van der Waals surface area contributed by atoms with Gasteiger partial charge in [0, 0.05) is 24.5 Å². The third-order valence-electron chi connectivity index (χ3n) is 3.39. The molecule has 0 amide bonds. The molecule has 1 fully saturated rings. The summed E-state index contributed by atoms with van der Waals surface area (Å²) in [6, 6.07) is 10.1. The van der Waals surface area contributed by atoms with E-state index in [-0.39, 0.29) is 5.25 Å². The number of imidazole rings is 1. The number of aromatic nitrogens is 2. The third kappa shape index (κ3) is 2.73. The minimum Gasteiger partial charge on any atom is -0.298 e. The zero-order valence-corrected chi connectivity index (χ0v) is 11.5. The third-order valence-corrected chi connectivity index (χ3v) is 4.68. The van der Waals surface area contributed by atoms with Crippen LogP contribution in [0.2, 0.25) is 0 Å². The molecular weight excluding hydrogens is 256 g/mol. The number of thioether (sulfide) groups is 1. The van der Waals surface area contributed by atoms with Crippen LogP contribution in [0.25, 0.3) is 5.69 Å². The number of nitrogens with zero attached hydrogens (tertiary/aromatic N) is 2. The highest BCUT2D eigenvalue weighted by Crippen LogP contribution is 2.31. The van der Waals surface area contributed by atoms with Crippen molar-refractivity contribution in [2.24, 2.45) is 0 Å². The molecule has 2 aromatic rings. The normalized spacial score (nSPS) is 19.6. The highest BCUT2D eigenvalue weighted by atomic mass is 32.2. The van der Waals surface area contributed by atoms with E-state index in [0.717, 1.165) is 36.5 Å². The van der Waals surface area contributed by atoms with Gasteiger partial charge in [0.1, 0.15) is 5.78 Å². The first kappa shape index (κ1) is 12.5. The Hall–Kier alpha value is -1.55. The van der Waals surface area contributed by atoms with Gasteiger partial charge >= 0.3 is 0 Å². The molecule has 4 heteroatoms. The molecule has 98 valence electrons. The number of ketones is 1. The molecule has 0 unspecified atom stereocenters. The molecule has 0 saturated heterocycles. The van der Waals surface area contributed by atoms with Gasteiger partial charge in [0.15, 0.2) is 5.16 Å². The van der Waals surface area contributed by atoms with Crippen molar-refractivity contribution in [3.8, 4) is 5.69 Å². The minimum absolute atomic E-state index is 0.0820. The van der Waals surface area contributed by atoms with Crippen molar-refractivity contribution in [1.82, 2.24) is 9.55 Å². The Morgan fingerprint density at radius 1 is 1.21 bits per heavy atom. The molecule has 3 rings (SSSR count). The maximum Gasteiger partial charge on any atom is 0.173 e. The van der Waals surface area contributed by atoms with Crippen LogP contribution in [-0.4, -0.2) is 20.6 Å². The average molecular weight is 272 g/mol. The smallest absolute Gasteiger partial charge is 0.173 e. The highest BCUT2D eigenvalue weighted by molar-refractivity contribution is 8.00. The molecule has 3 nitrogen and oxygen atoms in total. The molecule has 0 bridgehead atoms. The fourth-order valence-electron chi connectivity index (χ4n) is 2.36. The van der Waals surface area contributed by atoms with Gasteiger partial charge in [-0.1, -0.05) is 36.4 Å². The molecule has 1 aromatic heterocycles. The number of para-hydroxylation sites is 1. The molecule has 1 saturated carbocycles. The summed E-state index contributed by atoms with van der Waals surface area (Å²) in [7, 11) is 0. The second-order valence-electron chi connectivity index (χ2n) is 4.73. The van der Waals surface area contributed by atoms with Gasteiger partial charge in [-0.05, 0) is 25.0 Å². The standard InChI is InChI=1S/C15H16N2OS/c18-13-8-4-5-9-14(13)19-15-16-10-11-17(15)12-6-2-1-3-7-12/h1-3,6-7,10-11,14H,4-5,8-9H2/t14-/m0/s1. The Labute approximate surface area is 117 Å². The molecule has 1 atom stereocenters. The summed E-state index contributed by atoms with van der Waals surface area (Å²) in [5.41, 5.74) is 1.09. The lowest BCUT2D eigenvalue weighted by atomic mass is 9.99. The van der Waals surface area contributed by atoms with Crippen LogP contribution in [0.15, 0.2) is 47.9 Å². The SMILES string of the molecule is O=C1CCCC[C@@H]1Sc1nccn1-c1ccccc1. The van der Waals surface area contributed by atoms with E-state index in [4.69, 9.17) is 0 Å². The maximum atomic E-state index is 11.9. The molecule has 1 aromatic carbocycles. The van der Waals surface area contributed by atoms with E-state index in [2.05, 4.69) is 17.1 Å². The predicted octanol–water partition coefficient (Wildman–Crippen LogP) is 3.48. The van der Waals surface area contributed by atoms with Gasteiger partial charge in [0.2, 0.25) is 0 Å². The first-order valence-corrected chi connectivity index (χ1v) is 7.51. The number of carbonyl (C=O) groups is 1. The molecule has 0 aliphatic heterocycles. The van der Waals surface area contributed by atoms with E-state index < -0.39 is 0 Å². The molecule has 1 heterocycles. The fourth-order valence-corrected chi connectivity index (χ4v) is 3.55. The van der Waals surface area contributed by atoms with Gasteiger partial charge in [-0.2, -0.15) is 0 Å². The van der Waals surface area contributed by atoms with Crippen molar-refractivity contribution >= 4 is 17.5 Å². The van der Waals surface area contributed by atoms with Crippen LogP contribution in [0.3, 0.4) is 0 Å². The quantitative estimate of drug-likeness (QED) is 0.858. The van der Waals surface area contributed by atoms with Crippen LogP contribution in [0.5, 0.6) is 0 Å². The van der Waals surface area contributed by atoms with E-state index in [1.165, 1.54) is 0 Å². The highest BCUT2D eigenvalue weighted by Gasteiger charge is 2.24. The van der Waals surface area contributed by atoms with Gasteiger partial charge in [-0.3, -0.25) is 9.36 Å². The summed E-state index contributed by atoms with van der Waals surface area (Å²) in [4.78, 5) is 16.3. The van der Waals surface area contributed by atoms with Crippen LogP contribution in [0, 0.1) is 0 Å². The molecule has 0 N–H and O–H groups in total. The Morgan fingerprint density at radius 2 is 2.05 bits per heavy atom. The lowest BCUT2D eigenvalue weighted by Crippen LogP contribution is -2.21. The second kappa shape index (κ2) is 5.61. The van der Waals surface area contributed by atoms with E-state index in [0.29, 0.717) is 5.78 Å². The van der Waals surface area contributed by atoms with Crippen LogP contribution in [0.4, 0.5) is 0 Å². The van der Waals surface area contributed by atoms with Crippen LogP contribution >= 0.6 is 11.8 Å². The van der Waals surface area contributed by atoms with E-state index in [1.807, 2.05) is 29.0 Å². The molecule has 1 aliphatic carbocycles. The van der Waals surface area contributed by atoms with Crippen molar-refractivity contribution in [2.45, 2.75) is 36.1 Å². The summed E-state index contributed by atoms with van der Waals surface area (Å²) in [5, 5.41) is 0.991. The van der Waals surface area contributed by atoms with Crippen LogP contribution in [0.1, 0.15) is 25.7 Å². The van der Waals surface area contributed by atoms with Crippen LogP contribution in [-0.2, 0) is 4.79 Å². The average Bonchev–Trinajstić information content (AvgIpc) is 2.91. The predicted molar refractivity (Wildman–Crippen MR) is 76.7 cm³/mol. The number of Topliss-reactive ketones (excluding diaryl/α,β-unsaturated/α-hetero) is 1. The number of hydrogen-bond donors (Lipinski definition) is 0. The summed E-state index contributed by atoms with van der Waals surface area (Å²) < 4.78 is 2.05. The lowest BCUT2D eigenvalue weighted by molar-refractivity contribution is -0.119. The van der Waals surface area contributed by atoms with E-state index >= 15 is 0 Å². The lowest BCUT2D eigenvalue weighted by Gasteiger charge is -2.19. The Morgan fingerprint density at radius 3 is 2.84 bits per heavy atom. The zero-order valence-electron chi connectivity index (χ0n) is 10.7. The van der Waals surface area contributed by atoms with Gasteiger partial charge < -0.3 is 0 Å². The zero-order chi connectivity index (χ0) is 13.1. The van der Waals surface area contributed by atoms with E-state index in [1.54, 1.807) is 18.0 Å². The van der Waals surface area contributed by atoms with Crippen molar-refractivity contribution < 1.29 is 4.79 Å². The van der Waals surface area contributed by atoms with Crippen molar-refractivity contribution in [1.29, 1.82) is 0 Å². The van der Waals surface area contributed by atoms with Crippen molar-refractivity contribution in [3.63, 3.8) is 0 Å². The molecule has 0 radical (unpaired) electrons.